The summed E-state index contributed by atoms with van der Waals surface area (Å²) in [5.74, 6) is -2.10. The molecule has 3 aromatic heterocycles. The molecule has 45 heavy (non-hydrogen) atoms. The summed E-state index contributed by atoms with van der Waals surface area (Å²) < 4.78 is 50.2. The number of nitrogens with one attached hydrogen (secondary N) is 1. The van der Waals surface area contributed by atoms with Crippen molar-refractivity contribution in [1.29, 1.82) is 0 Å². The number of imidazole rings is 1. The number of hydrogen-bond donors (Lipinski definition) is 1. The monoisotopic (exact) mass is 662 g/mol. The van der Waals surface area contributed by atoms with Gasteiger partial charge in [0, 0.05) is 12.1 Å². The van der Waals surface area contributed by atoms with E-state index in [1.165, 1.54) is 49.6 Å². The van der Waals surface area contributed by atoms with E-state index in [2.05, 4.69) is 24.9 Å². The maximum absolute atomic E-state index is 14.3. The summed E-state index contributed by atoms with van der Waals surface area (Å²) in [7, 11) is 2.74. The standard InChI is InChI=1S/C21H17ClF2N4O4.C8H9ClN2O2/c1-10-19-20(26-9-25-10)28(21(29)27-19)14-7-17(16(31-3)6-12(14)22)32-8-11-15(30-2)5-4-13(23)18(11)24;1-3-13-8(12)6-5(2)10-4-11-7(6)9/h4-7,9H,8H2,1-3H3,(H,27,29);4H,3H2,1-2H3. The molecule has 3 heterocycles. The van der Waals surface area contributed by atoms with Crippen LogP contribution in [0.2, 0.25) is 10.2 Å². The zero-order chi connectivity index (χ0) is 32.8. The first-order valence-corrected chi connectivity index (χ1v) is 13.9. The van der Waals surface area contributed by atoms with Gasteiger partial charge in [-0.25, -0.2) is 42.9 Å². The summed E-state index contributed by atoms with van der Waals surface area (Å²) in [5.41, 5.74) is 1.78. The van der Waals surface area contributed by atoms with Crippen LogP contribution < -0.4 is 19.9 Å². The third-order valence-electron chi connectivity index (χ3n) is 6.35. The Morgan fingerprint density at radius 3 is 2.31 bits per heavy atom. The molecule has 1 N–H and O–H groups in total. The van der Waals surface area contributed by atoms with Crippen molar-refractivity contribution in [3.05, 3.63) is 91.7 Å². The van der Waals surface area contributed by atoms with E-state index in [0.29, 0.717) is 29.2 Å². The molecular weight excluding hydrogens is 637 g/mol. The second-order valence-corrected chi connectivity index (χ2v) is 9.82. The van der Waals surface area contributed by atoms with E-state index >= 15 is 0 Å². The quantitative estimate of drug-likeness (QED) is 0.166. The molecule has 0 spiro atoms. The van der Waals surface area contributed by atoms with Crippen molar-refractivity contribution in [2.75, 3.05) is 20.8 Å². The smallest absolute Gasteiger partial charge is 0.343 e. The average Bonchev–Trinajstić information content (AvgIpc) is 3.35. The Kier molecular flexibility index (Phi) is 10.5. The van der Waals surface area contributed by atoms with Crippen LogP contribution in [0.25, 0.3) is 16.9 Å². The summed E-state index contributed by atoms with van der Waals surface area (Å²) in [4.78, 5) is 42.4. The molecule has 0 aliphatic rings. The molecule has 0 aliphatic carbocycles. The predicted molar refractivity (Wildman–Crippen MR) is 161 cm³/mol. The van der Waals surface area contributed by atoms with Gasteiger partial charge in [0.1, 0.15) is 41.2 Å². The Balaban J connectivity index is 0.000000297. The molecule has 2 aromatic carbocycles. The van der Waals surface area contributed by atoms with Crippen LogP contribution in [0.4, 0.5) is 8.78 Å². The molecule has 0 aliphatic heterocycles. The van der Waals surface area contributed by atoms with Gasteiger partial charge in [-0.05, 0) is 32.9 Å². The van der Waals surface area contributed by atoms with Gasteiger partial charge in [0.2, 0.25) is 0 Å². The van der Waals surface area contributed by atoms with Crippen molar-refractivity contribution in [1.82, 2.24) is 29.5 Å². The number of nitrogens with zero attached hydrogens (tertiary/aromatic N) is 5. The highest BCUT2D eigenvalue weighted by Crippen LogP contribution is 2.37. The van der Waals surface area contributed by atoms with Gasteiger partial charge in [0.25, 0.3) is 0 Å². The minimum absolute atomic E-state index is 0.112. The number of halogens is 4. The number of fused-ring (bicyclic) bond motifs is 1. The fourth-order valence-corrected chi connectivity index (χ4v) is 4.65. The number of hydrogen-bond acceptors (Lipinski definition) is 10. The van der Waals surface area contributed by atoms with Crippen molar-refractivity contribution >= 4 is 40.3 Å². The topological polar surface area (TPSA) is 143 Å². The summed E-state index contributed by atoms with van der Waals surface area (Å²) in [6, 6.07) is 5.17. The number of aromatic amines is 1. The predicted octanol–water partition coefficient (Wildman–Crippen LogP) is 5.56. The molecule has 0 unspecified atom stereocenters. The van der Waals surface area contributed by atoms with Crippen LogP contribution in [0.15, 0.2) is 41.7 Å². The van der Waals surface area contributed by atoms with Gasteiger partial charge in [0.15, 0.2) is 28.8 Å². The van der Waals surface area contributed by atoms with E-state index in [-0.39, 0.29) is 50.8 Å². The van der Waals surface area contributed by atoms with Crippen molar-refractivity contribution in [2.45, 2.75) is 27.4 Å². The van der Waals surface area contributed by atoms with Crippen LogP contribution in [0.3, 0.4) is 0 Å². The molecule has 0 atom stereocenters. The first kappa shape index (κ1) is 33.1. The Morgan fingerprint density at radius 2 is 1.64 bits per heavy atom. The van der Waals surface area contributed by atoms with Gasteiger partial charge in [-0.2, -0.15) is 0 Å². The maximum Gasteiger partial charge on any atom is 0.343 e. The number of aromatic nitrogens is 6. The van der Waals surface area contributed by atoms with Gasteiger partial charge >= 0.3 is 11.7 Å². The van der Waals surface area contributed by atoms with E-state index in [1.807, 2.05) is 0 Å². The molecular formula is C29H26Cl2F2N6O6. The number of carbonyl (C=O) groups is 1. The highest BCUT2D eigenvalue weighted by Gasteiger charge is 2.20. The fraction of sp³-hybridized carbons (Fsp3) is 0.241. The van der Waals surface area contributed by atoms with Crippen molar-refractivity contribution < 1.29 is 32.5 Å². The number of esters is 1. The lowest BCUT2D eigenvalue weighted by atomic mass is 10.2. The Morgan fingerprint density at radius 1 is 0.956 bits per heavy atom. The number of carbonyl (C=O) groups excluding carboxylic acids is 1. The molecule has 0 saturated carbocycles. The Labute approximate surface area is 264 Å². The van der Waals surface area contributed by atoms with Gasteiger partial charge in [-0.15, -0.1) is 0 Å². The molecule has 236 valence electrons. The summed E-state index contributed by atoms with van der Waals surface area (Å²) in [6.07, 6.45) is 2.63. The van der Waals surface area contributed by atoms with Crippen LogP contribution >= 0.6 is 23.2 Å². The number of aryl methyl sites for hydroxylation is 2. The lowest BCUT2D eigenvalue weighted by Crippen LogP contribution is -2.15. The second kappa shape index (κ2) is 14.3. The number of methoxy groups -OCH3 is 2. The normalized spacial score (nSPS) is 10.7. The van der Waals surface area contributed by atoms with Crippen molar-refractivity contribution in [2.24, 2.45) is 0 Å². The van der Waals surface area contributed by atoms with Gasteiger partial charge in [-0.3, -0.25) is 0 Å². The number of H-pyrrole nitrogens is 1. The van der Waals surface area contributed by atoms with E-state index < -0.39 is 23.3 Å². The Hall–Kier alpha value is -4.82. The molecule has 5 aromatic rings. The minimum Gasteiger partial charge on any atom is -0.496 e. The summed E-state index contributed by atoms with van der Waals surface area (Å²) >= 11 is 12.1. The highest BCUT2D eigenvalue weighted by molar-refractivity contribution is 6.33. The van der Waals surface area contributed by atoms with Crippen LogP contribution in [-0.2, 0) is 11.3 Å². The molecule has 0 radical (unpaired) electrons. The minimum atomic E-state index is -1.09. The zero-order valence-electron chi connectivity index (χ0n) is 24.6. The van der Waals surface area contributed by atoms with E-state index in [0.717, 1.165) is 6.07 Å². The van der Waals surface area contributed by atoms with E-state index in [9.17, 15) is 18.4 Å². The molecule has 5 rings (SSSR count). The zero-order valence-corrected chi connectivity index (χ0v) is 26.1. The lowest BCUT2D eigenvalue weighted by Gasteiger charge is -2.16. The van der Waals surface area contributed by atoms with Crippen molar-refractivity contribution in [3.8, 4) is 22.9 Å². The summed E-state index contributed by atoms with van der Waals surface area (Å²) in [5, 5.41) is 0.314. The van der Waals surface area contributed by atoms with Crippen LogP contribution in [0.5, 0.6) is 17.2 Å². The third kappa shape index (κ3) is 6.97. The molecule has 0 amide bonds. The molecule has 0 saturated heterocycles. The second-order valence-electron chi connectivity index (χ2n) is 9.05. The third-order valence-corrected chi connectivity index (χ3v) is 6.94. The lowest BCUT2D eigenvalue weighted by molar-refractivity contribution is 0.0524. The Bertz CT molecular complexity index is 1910. The van der Waals surface area contributed by atoms with Crippen LogP contribution in [-0.4, -0.2) is 56.3 Å². The van der Waals surface area contributed by atoms with E-state index in [4.69, 9.17) is 42.1 Å². The fourth-order valence-electron chi connectivity index (χ4n) is 4.16. The molecule has 0 fully saturated rings. The van der Waals surface area contributed by atoms with Gasteiger partial charge in [0.05, 0.1) is 48.5 Å². The van der Waals surface area contributed by atoms with Gasteiger partial charge < -0.3 is 23.9 Å². The van der Waals surface area contributed by atoms with Crippen LogP contribution in [0.1, 0.15) is 34.2 Å². The van der Waals surface area contributed by atoms with E-state index in [1.54, 1.807) is 20.8 Å². The average molecular weight is 663 g/mol. The number of rotatable bonds is 8. The van der Waals surface area contributed by atoms with Crippen LogP contribution in [0, 0.1) is 25.5 Å². The SMILES string of the molecule is CCOC(=O)c1c(C)ncnc1Cl.COc1cc(Cl)c(-n2c(=O)[nH]c3c(C)ncnc32)cc1OCc1c(OC)ccc(F)c1F. The maximum atomic E-state index is 14.3. The first-order valence-electron chi connectivity index (χ1n) is 13.1. The molecule has 16 heteroatoms. The van der Waals surface area contributed by atoms with Gasteiger partial charge in [-0.1, -0.05) is 23.2 Å². The first-order chi connectivity index (χ1) is 21.5. The summed E-state index contributed by atoms with van der Waals surface area (Å²) in [6.45, 7) is 5.08. The molecule has 12 nitrogen and oxygen atoms in total. The number of benzene rings is 2. The largest absolute Gasteiger partial charge is 0.496 e. The highest BCUT2D eigenvalue weighted by atomic mass is 35.5. The molecule has 0 bridgehead atoms. The van der Waals surface area contributed by atoms with Crippen molar-refractivity contribution in [3.63, 3.8) is 0 Å². The number of ether oxygens (including phenoxy) is 4.